The van der Waals surface area contributed by atoms with Crippen molar-refractivity contribution in [3.63, 3.8) is 0 Å². The van der Waals surface area contributed by atoms with Crippen LogP contribution in [0.1, 0.15) is 31.5 Å². The first kappa shape index (κ1) is 25.3. The van der Waals surface area contributed by atoms with E-state index in [1.807, 2.05) is 37.4 Å². The lowest BCUT2D eigenvalue weighted by Crippen LogP contribution is -2.40. The largest absolute Gasteiger partial charge is 0.432 e. The second-order valence-corrected chi connectivity index (χ2v) is 15.9. The molecule has 1 N–H and O–H groups in total. The van der Waals surface area contributed by atoms with Crippen molar-refractivity contribution in [1.82, 2.24) is 14.3 Å². The first-order chi connectivity index (χ1) is 17.4. The second-order valence-electron chi connectivity index (χ2n) is 11.4. The van der Waals surface area contributed by atoms with Crippen molar-refractivity contribution in [2.24, 2.45) is 13.0 Å². The Kier molecular flexibility index (Phi) is 6.07. The van der Waals surface area contributed by atoms with Gasteiger partial charge in [0.15, 0.2) is 8.32 Å². The summed E-state index contributed by atoms with van der Waals surface area (Å²) in [6, 6.07) is 13.7. The van der Waals surface area contributed by atoms with Crippen LogP contribution in [0.25, 0.3) is 27.6 Å². The van der Waals surface area contributed by atoms with Gasteiger partial charge in [-0.3, -0.25) is 9.59 Å². The van der Waals surface area contributed by atoms with Crippen LogP contribution in [-0.2, 0) is 19.9 Å². The summed E-state index contributed by atoms with van der Waals surface area (Å²) >= 11 is 0. The zero-order valence-electron chi connectivity index (χ0n) is 21.9. The molecule has 2 aromatic carbocycles. The predicted molar refractivity (Wildman–Crippen MR) is 147 cm³/mol. The van der Waals surface area contributed by atoms with Crippen LogP contribution in [0.15, 0.2) is 64.3 Å². The Labute approximate surface area is 216 Å². The van der Waals surface area contributed by atoms with E-state index in [1.165, 1.54) is 16.9 Å². The van der Waals surface area contributed by atoms with Crippen LogP contribution < -0.4 is 11.1 Å². The van der Waals surface area contributed by atoms with Gasteiger partial charge in [-0.25, -0.2) is 4.39 Å². The maximum Gasteiger partial charge on any atom is 0.282 e. The molecule has 4 aromatic rings. The highest BCUT2D eigenvalue weighted by atomic mass is 28.4. The van der Waals surface area contributed by atoms with Crippen molar-refractivity contribution >= 4 is 19.1 Å². The highest BCUT2D eigenvalue weighted by Gasteiger charge is 2.40. The lowest BCUT2D eigenvalue weighted by atomic mass is 9.87. The molecule has 2 heterocycles. The van der Waals surface area contributed by atoms with Gasteiger partial charge in [0.05, 0.1) is 17.3 Å². The first-order valence-electron chi connectivity index (χ1n) is 12.6. The van der Waals surface area contributed by atoms with Gasteiger partial charge >= 0.3 is 0 Å². The van der Waals surface area contributed by atoms with Crippen LogP contribution in [-0.4, -0.2) is 27.5 Å². The van der Waals surface area contributed by atoms with Crippen molar-refractivity contribution in [3.8, 4) is 16.8 Å². The third-order valence-corrected chi connectivity index (χ3v) is 11.8. The standard InChI is InChI=1S/C29H32FN3O3Si/c1-29(2,37(4,5)36)16-18-14-22-20(21-12-13-26(34)32(3)25(21)15-18)9-7-11-24(22)33-28(35)27-19(17-31-33)8-6-10-23(27)30/h6-13,17-18,36H,14-16H2,1-5H3. The number of halogens is 1. The van der Waals surface area contributed by atoms with Gasteiger partial charge in [0.25, 0.3) is 5.56 Å². The van der Waals surface area contributed by atoms with Crippen LogP contribution in [0.5, 0.6) is 0 Å². The van der Waals surface area contributed by atoms with E-state index in [1.54, 1.807) is 29.8 Å². The summed E-state index contributed by atoms with van der Waals surface area (Å²) in [4.78, 5) is 37.1. The third kappa shape index (κ3) is 4.28. The molecule has 1 unspecified atom stereocenters. The summed E-state index contributed by atoms with van der Waals surface area (Å²) in [6.45, 7) is 8.14. The number of pyridine rings is 1. The predicted octanol–water partition coefficient (Wildman–Crippen LogP) is 4.97. The first-order valence-corrected chi connectivity index (χ1v) is 15.5. The number of hydrogen-bond donors (Lipinski definition) is 1. The molecule has 0 amide bonds. The van der Waals surface area contributed by atoms with Crippen molar-refractivity contribution in [2.45, 2.75) is 51.2 Å². The minimum atomic E-state index is -2.49. The molecule has 0 radical (unpaired) electrons. The van der Waals surface area contributed by atoms with E-state index in [2.05, 4.69) is 18.9 Å². The van der Waals surface area contributed by atoms with Gasteiger partial charge in [-0.15, -0.1) is 0 Å². The molecule has 1 atom stereocenters. The zero-order chi connectivity index (χ0) is 26.7. The molecule has 0 saturated heterocycles. The number of aromatic nitrogens is 3. The van der Waals surface area contributed by atoms with E-state index in [-0.39, 0.29) is 21.9 Å². The van der Waals surface area contributed by atoms with E-state index in [9.17, 15) is 18.8 Å². The van der Waals surface area contributed by atoms with Crippen LogP contribution in [0.2, 0.25) is 18.1 Å². The molecule has 0 aliphatic heterocycles. The summed E-state index contributed by atoms with van der Waals surface area (Å²) < 4.78 is 17.7. The van der Waals surface area contributed by atoms with E-state index < -0.39 is 19.7 Å². The minimum absolute atomic E-state index is 0.0113. The van der Waals surface area contributed by atoms with Gasteiger partial charge < -0.3 is 9.36 Å². The Balaban J connectivity index is 1.76. The molecule has 1 aliphatic rings. The Morgan fingerprint density at radius 3 is 2.51 bits per heavy atom. The Hall–Kier alpha value is -3.36. The fourth-order valence-corrected chi connectivity index (χ4v) is 6.27. The van der Waals surface area contributed by atoms with Crippen molar-refractivity contribution in [3.05, 3.63) is 92.5 Å². The minimum Gasteiger partial charge on any atom is -0.432 e. The molecule has 0 fully saturated rings. The molecule has 0 spiro atoms. The number of benzene rings is 2. The lowest BCUT2D eigenvalue weighted by molar-refractivity contribution is 0.367. The zero-order valence-corrected chi connectivity index (χ0v) is 22.9. The molecule has 0 saturated carbocycles. The number of rotatable bonds is 4. The normalized spacial score (nSPS) is 15.8. The van der Waals surface area contributed by atoms with E-state index >= 15 is 0 Å². The molecule has 1 aliphatic carbocycles. The number of fused-ring (bicyclic) bond motifs is 4. The average Bonchev–Trinajstić information content (AvgIpc) is 2.97. The Bertz CT molecular complexity index is 1650. The SMILES string of the molecule is Cn1c2c(ccc1=O)-c1cccc(-n3ncc4cccc(F)c4c3=O)c1CC(CC(C)(C)[Si](C)(C)O)C2. The lowest BCUT2D eigenvalue weighted by Gasteiger charge is -2.38. The number of nitrogens with zero attached hydrogens (tertiary/aromatic N) is 3. The summed E-state index contributed by atoms with van der Waals surface area (Å²) in [5, 5.41) is 4.63. The van der Waals surface area contributed by atoms with Crippen molar-refractivity contribution in [1.29, 1.82) is 0 Å². The van der Waals surface area contributed by atoms with Gasteiger partial charge in [0.2, 0.25) is 5.56 Å². The van der Waals surface area contributed by atoms with E-state index in [0.29, 0.717) is 23.9 Å². The molecule has 8 heteroatoms. The second kappa shape index (κ2) is 8.88. The van der Waals surface area contributed by atoms with Gasteiger partial charge in [0.1, 0.15) is 5.82 Å². The van der Waals surface area contributed by atoms with Crippen LogP contribution >= 0.6 is 0 Å². The fourth-order valence-electron chi connectivity index (χ4n) is 5.48. The van der Waals surface area contributed by atoms with E-state index in [0.717, 1.165) is 28.8 Å². The van der Waals surface area contributed by atoms with Crippen molar-refractivity contribution in [2.75, 3.05) is 0 Å². The maximum absolute atomic E-state index is 14.7. The summed E-state index contributed by atoms with van der Waals surface area (Å²) in [6.07, 6.45) is 3.58. The van der Waals surface area contributed by atoms with Gasteiger partial charge in [0, 0.05) is 29.8 Å². The highest BCUT2D eigenvalue weighted by molar-refractivity contribution is 6.72. The van der Waals surface area contributed by atoms with Gasteiger partial charge in [-0.1, -0.05) is 38.1 Å². The topological polar surface area (TPSA) is 77.1 Å². The van der Waals surface area contributed by atoms with Crippen LogP contribution in [0, 0.1) is 11.7 Å². The monoisotopic (exact) mass is 517 g/mol. The summed E-state index contributed by atoms with van der Waals surface area (Å²) in [5.74, 6) is -0.466. The smallest absolute Gasteiger partial charge is 0.282 e. The van der Waals surface area contributed by atoms with E-state index in [4.69, 9.17) is 0 Å². The quantitative estimate of drug-likeness (QED) is 0.388. The molecule has 6 nitrogen and oxygen atoms in total. The molecule has 192 valence electrons. The summed E-state index contributed by atoms with van der Waals surface area (Å²) in [5.41, 5.74) is 3.78. The Morgan fingerprint density at radius 2 is 1.78 bits per heavy atom. The highest BCUT2D eigenvalue weighted by Crippen LogP contribution is 2.45. The average molecular weight is 518 g/mol. The van der Waals surface area contributed by atoms with Crippen LogP contribution in [0.3, 0.4) is 0 Å². The van der Waals surface area contributed by atoms with Crippen molar-refractivity contribution < 1.29 is 9.19 Å². The van der Waals surface area contributed by atoms with Gasteiger partial charge in [-0.2, -0.15) is 9.78 Å². The molecular formula is C29H32FN3O3Si. The number of hydrogen-bond acceptors (Lipinski definition) is 4. The molecular weight excluding hydrogens is 485 g/mol. The third-order valence-electron chi connectivity index (χ3n) is 8.30. The molecule has 37 heavy (non-hydrogen) atoms. The molecule has 5 rings (SSSR count). The maximum atomic E-state index is 14.7. The fraction of sp³-hybridized carbons (Fsp3) is 0.345. The Morgan fingerprint density at radius 1 is 1.05 bits per heavy atom. The molecule has 2 aromatic heterocycles. The van der Waals surface area contributed by atoms with Crippen LogP contribution in [0.4, 0.5) is 4.39 Å². The molecule has 0 bridgehead atoms. The van der Waals surface area contributed by atoms with Gasteiger partial charge in [-0.05, 0) is 72.6 Å². The summed E-state index contributed by atoms with van der Waals surface area (Å²) in [7, 11) is -0.701.